The third kappa shape index (κ3) is 3.33. The monoisotopic (exact) mass is 270 g/mol. The minimum Gasteiger partial charge on any atom is -0.295 e. The van der Waals surface area contributed by atoms with E-state index >= 15 is 0 Å². The first kappa shape index (κ1) is 12.6. The van der Waals surface area contributed by atoms with E-state index in [1.54, 1.807) is 23.9 Å². The van der Waals surface area contributed by atoms with Crippen LogP contribution in [-0.2, 0) is 9.84 Å². The average molecular weight is 270 g/mol. The molecule has 1 atom stereocenters. The Labute approximate surface area is 106 Å². The van der Waals surface area contributed by atoms with Crippen LogP contribution < -0.4 is 0 Å². The van der Waals surface area contributed by atoms with E-state index in [0.29, 0.717) is 11.3 Å². The highest BCUT2D eigenvalue weighted by Gasteiger charge is 2.28. The van der Waals surface area contributed by atoms with E-state index in [-0.39, 0.29) is 16.8 Å². The molecule has 1 aromatic rings. The van der Waals surface area contributed by atoms with Crippen molar-refractivity contribution in [1.29, 1.82) is 0 Å². The highest BCUT2D eigenvalue weighted by molar-refractivity contribution is 8.01. The normalized spacial score (nSPS) is 22.5. The summed E-state index contributed by atoms with van der Waals surface area (Å²) in [5.41, 5.74) is 0.688. The fourth-order valence-electron chi connectivity index (χ4n) is 1.81. The second-order valence-electron chi connectivity index (χ2n) is 4.22. The quantitative estimate of drug-likeness (QED) is 0.790. The van der Waals surface area contributed by atoms with Crippen molar-refractivity contribution < 1.29 is 13.2 Å². The van der Waals surface area contributed by atoms with Crippen LogP contribution in [0.15, 0.2) is 29.2 Å². The van der Waals surface area contributed by atoms with Crippen LogP contribution in [0.5, 0.6) is 0 Å². The summed E-state index contributed by atoms with van der Waals surface area (Å²) >= 11 is 1.58. The minimum absolute atomic E-state index is 0.0463. The van der Waals surface area contributed by atoms with Gasteiger partial charge in [-0.25, -0.2) is 8.42 Å². The topological polar surface area (TPSA) is 51.2 Å². The van der Waals surface area contributed by atoms with E-state index < -0.39 is 9.84 Å². The van der Waals surface area contributed by atoms with Gasteiger partial charge in [-0.2, -0.15) is 0 Å². The third-order valence-electron chi connectivity index (χ3n) is 2.75. The molecule has 1 heterocycles. The lowest BCUT2D eigenvalue weighted by atomic mass is 10.2. The Morgan fingerprint density at radius 3 is 2.41 bits per heavy atom. The molecule has 0 radical (unpaired) electrons. The Bertz CT molecular complexity index is 517. The number of sulfone groups is 1. The first-order valence-electron chi connectivity index (χ1n) is 5.44. The van der Waals surface area contributed by atoms with Gasteiger partial charge in [0.05, 0.1) is 11.5 Å². The number of rotatable bonds is 3. The van der Waals surface area contributed by atoms with E-state index in [2.05, 4.69) is 0 Å². The number of hydrogen-bond acceptors (Lipinski definition) is 4. The Morgan fingerprint density at radius 1 is 1.29 bits per heavy atom. The van der Waals surface area contributed by atoms with Crippen molar-refractivity contribution in [2.45, 2.75) is 23.5 Å². The number of benzene rings is 1. The zero-order valence-corrected chi connectivity index (χ0v) is 11.2. The van der Waals surface area contributed by atoms with Gasteiger partial charge in [0.1, 0.15) is 0 Å². The molecule has 0 amide bonds. The molecular weight excluding hydrogens is 256 g/mol. The summed E-state index contributed by atoms with van der Waals surface area (Å²) in [6.07, 6.45) is 0.724. The van der Waals surface area contributed by atoms with Gasteiger partial charge in [-0.05, 0) is 25.5 Å². The van der Waals surface area contributed by atoms with Crippen LogP contribution in [0.3, 0.4) is 0 Å². The van der Waals surface area contributed by atoms with E-state index in [1.165, 1.54) is 6.92 Å². The number of carbonyl (C=O) groups excluding carboxylic acids is 1. The zero-order chi connectivity index (χ0) is 12.5. The van der Waals surface area contributed by atoms with E-state index in [1.807, 2.05) is 12.1 Å². The van der Waals surface area contributed by atoms with Gasteiger partial charge in [-0.3, -0.25) is 4.79 Å². The molecule has 17 heavy (non-hydrogen) atoms. The Hall–Kier alpha value is -0.810. The number of ketones is 1. The van der Waals surface area contributed by atoms with Crippen molar-refractivity contribution in [3.63, 3.8) is 0 Å². The zero-order valence-electron chi connectivity index (χ0n) is 9.55. The summed E-state index contributed by atoms with van der Waals surface area (Å²) in [4.78, 5) is 12.1. The first-order valence-corrected chi connectivity index (χ1v) is 8.14. The maximum atomic E-state index is 11.3. The van der Waals surface area contributed by atoms with Crippen LogP contribution in [0.4, 0.5) is 0 Å². The molecule has 5 heteroatoms. The van der Waals surface area contributed by atoms with E-state index in [4.69, 9.17) is 0 Å². The summed E-state index contributed by atoms with van der Waals surface area (Å²) in [5, 5.41) is 0.156. The molecule has 0 saturated carbocycles. The lowest BCUT2D eigenvalue weighted by Gasteiger charge is -2.07. The minimum atomic E-state index is -2.81. The van der Waals surface area contributed by atoms with Gasteiger partial charge >= 0.3 is 0 Å². The van der Waals surface area contributed by atoms with Gasteiger partial charge in [0.15, 0.2) is 15.6 Å². The van der Waals surface area contributed by atoms with Gasteiger partial charge in [-0.1, -0.05) is 12.1 Å². The van der Waals surface area contributed by atoms with Gasteiger partial charge in [0.2, 0.25) is 0 Å². The number of carbonyl (C=O) groups is 1. The molecule has 1 aliphatic rings. The second kappa shape index (κ2) is 4.82. The molecule has 0 aromatic heterocycles. The van der Waals surface area contributed by atoms with Gasteiger partial charge < -0.3 is 0 Å². The third-order valence-corrected chi connectivity index (χ3v) is 6.01. The molecule has 1 saturated heterocycles. The van der Waals surface area contributed by atoms with Crippen LogP contribution >= 0.6 is 11.8 Å². The number of Topliss-reactive ketones (excluding diaryl/α,β-unsaturated/α-hetero) is 1. The second-order valence-corrected chi connectivity index (χ2v) is 7.83. The lowest BCUT2D eigenvalue weighted by molar-refractivity contribution is 0.101. The average Bonchev–Trinajstić information content (AvgIpc) is 2.59. The van der Waals surface area contributed by atoms with E-state index in [9.17, 15) is 13.2 Å². The summed E-state index contributed by atoms with van der Waals surface area (Å²) < 4.78 is 22.6. The standard InChI is InChI=1S/C12H14O3S2/c1-9(13)10-2-4-11(5-3-10)16-12-6-7-17(14,15)8-12/h2-5,12H,6-8H2,1H3. The number of thioether (sulfide) groups is 1. The van der Waals surface area contributed by atoms with Crippen LogP contribution in [0.2, 0.25) is 0 Å². The molecule has 3 nitrogen and oxygen atoms in total. The predicted octanol–water partition coefficient (Wildman–Crippen LogP) is 2.17. The predicted molar refractivity (Wildman–Crippen MR) is 69.4 cm³/mol. The highest BCUT2D eigenvalue weighted by atomic mass is 32.2. The van der Waals surface area contributed by atoms with Gasteiger partial charge in [0.25, 0.3) is 0 Å². The van der Waals surface area contributed by atoms with Crippen LogP contribution in [0.1, 0.15) is 23.7 Å². The van der Waals surface area contributed by atoms with E-state index in [0.717, 1.165) is 11.3 Å². The molecule has 0 N–H and O–H groups in total. The summed E-state index contributed by atoms with van der Waals surface area (Å²) in [7, 11) is -2.81. The smallest absolute Gasteiger partial charge is 0.159 e. The summed E-state index contributed by atoms with van der Waals surface area (Å²) in [6, 6.07) is 7.33. The highest BCUT2D eigenvalue weighted by Crippen LogP contribution is 2.30. The fourth-order valence-corrected chi connectivity index (χ4v) is 5.32. The molecule has 1 aromatic carbocycles. The SMILES string of the molecule is CC(=O)c1ccc(SC2CCS(=O)(=O)C2)cc1. The molecule has 1 aliphatic heterocycles. The summed E-state index contributed by atoms with van der Waals surface area (Å²) in [6.45, 7) is 1.53. The van der Waals surface area contributed by atoms with Crippen LogP contribution in [0, 0.1) is 0 Å². The Morgan fingerprint density at radius 2 is 1.94 bits per heavy atom. The Balaban J connectivity index is 2.03. The van der Waals surface area contributed by atoms with Crippen molar-refractivity contribution >= 4 is 27.4 Å². The molecular formula is C12H14O3S2. The van der Waals surface area contributed by atoms with Crippen molar-refractivity contribution in [2.24, 2.45) is 0 Å². The largest absolute Gasteiger partial charge is 0.295 e. The summed E-state index contributed by atoms with van der Waals surface area (Å²) in [5.74, 6) is 0.618. The van der Waals surface area contributed by atoms with Crippen LogP contribution in [-0.4, -0.2) is 31.0 Å². The van der Waals surface area contributed by atoms with Crippen molar-refractivity contribution in [3.05, 3.63) is 29.8 Å². The molecule has 92 valence electrons. The van der Waals surface area contributed by atoms with Crippen LogP contribution in [0.25, 0.3) is 0 Å². The maximum Gasteiger partial charge on any atom is 0.159 e. The molecule has 0 aliphatic carbocycles. The lowest BCUT2D eigenvalue weighted by Crippen LogP contribution is -2.05. The van der Waals surface area contributed by atoms with Crippen molar-refractivity contribution in [2.75, 3.05) is 11.5 Å². The van der Waals surface area contributed by atoms with Crippen molar-refractivity contribution in [1.82, 2.24) is 0 Å². The molecule has 1 fully saturated rings. The maximum absolute atomic E-state index is 11.3. The van der Waals surface area contributed by atoms with Crippen molar-refractivity contribution in [3.8, 4) is 0 Å². The number of hydrogen-bond donors (Lipinski definition) is 0. The molecule has 1 unspecified atom stereocenters. The van der Waals surface area contributed by atoms with Gasteiger partial charge in [-0.15, -0.1) is 11.8 Å². The molecule has 2 rings (SSSR count). The molecule has 0 spiro atoms. The van der Waals surface area contributed by atoms with Gasteiger partial charge in [0, 0.05) is 15.7 Å². The Kier molecular flexibility index (Phi) is 3.58. The first-order chi connectivity index (χ1) is 7.96. The fraction of sp³-hybridized carbons (Fsp3) is 0.417. The molecule has 0 bridgehead atoms.